The summed E-state index contributed by atoms with van der Waals surface area (Å²) < 4.78 is 0. The van der Waals surface area contributed by atoms with Crippen LogP contribution in [-0.2, 0) is 0 Å². The highest BCUT2D eigenvalue weighted by Gasteiger charge is 2.31. The molecule has 43 heavy (non-hydrogen) atoms. The van der Waals surface area contributed by atoms with Gasteiger partial charge in [-0.2, -0.15) is 0 Å². The van der Waals surface area contributed by atoms with Crippen molar-refractivity contribution in [3.8, 4) is 44.5 Å². The largest absolute Gasteiger partial charge is 0.0776 e. The van der Waals surface area contributed by atoms with Crippen LogP contribution in [0.1, 0.15) is 7.43 Å². The van der Waals surface area contributed by atoms with E-state index in [4.69, 9.17) is 0 Å². The topological polar surface area (TPSA) is 0 Å². The standard InChI is InChI=1S/C42H24.CH4/c1-3-11-26(12-4-1)37-30-17-7-8-18-31(30)38(27-13-5-2-6-14-27)42-35-24-22-33-29-20-10-16-25-15-9-19-28(36(25)29)32-21-23-34(41(37)42)40(35)39(32)33;/h1-24H;1H4. The van der Waals surface area contributed by atoms with Crippen molar-refractivity contribution < 1.29 is 0 Å². The van der Waals surface area contributed by atoms with Crippen molar-refractivity contribution >= 4 is 53.9 Å². The van der Waals surface area contributed by atoms with Gasteiger partial charge in [-0.15, -0.1) is 0 Å². The van der Waals surface area contributed by atoms with Crippen LogP contribution in [0.2, 0.25) is 0 Å². The number of benzene rings is 9. The molecule has 0 aromatic heterocycles. The second kappa shape index (κ2) is 8.77. The normalized spacial score (nSPS) is 12.0. The lowest BCUT2D eigenvalue weighted by Gasteiger charge is -2.20. The second-order valence-corrected chi connectivity index (χ2v) is 11.6. The number of fused-ring (bicyclic) bond motifs is 6. The maximum absolute atomic E-state index is 2.40. The first-order valence-corrected chi connectivity index (χ1v) is 14.7. The average molecular weight is 545 g/mol. The third-order valence-electron chi connectivity index (χ3n) is 9.53. The molecule has 0 N–H and O–H groups in total. The number of hydrogen-bond donors (Lipinski definition) is 0. The van der Waals surface area contributed by atoms with Gasteiger partial charge in [-0.25, -0.2) is 0 Å². The molecule has 200 valence electrons. The molecule has 0 heteroatoms. The maximum Gasteiger partial charge on any atom is -0.000740 e. The molecule has 0 aliphatic heterocycles. The summed E-state index contributed by atoms with van der Waals surface area (Å²) in [6.07, 6.45) is 0. The first-order chi connectivity index (χ1) is 20.9. The van der Waals surface area contributed by atoms with E-state index in [-0.39, 0.29) is 7.43 Å². The van der Waals surface area contributed by atoms with E-state index in [1.54, 1.807) is 0 Å². The average Bonchev–Trinajstić information content (AvgIpc) is 3.39. The first-order valence-electron chi connectivity index (χ1n) is 14.7. The van der Waals surface area contributed by atoms with E-state index < -0.39 is 0 Å². The van der Waals surface area contributed by atoms with Gasteiger partial charge in [0.05, 0.1) is 0 Å². The van der Waals surface area contributed by atoms with Crippen LogP contribution in [0, 0.1) is 0 Å². The minimum atomic E-state index is 0. The van der Waals surface area contributed by atoms with Crippen molar-refractivity contribution in [1.82, 2.24) is 0 Å². The second-order valence-electron chi connectivity index (χ2n) is 11.6. The van der Waals surface area contributed by atoms with E-state index in [0.29, 0.717) is 0 Å². The fraction of sp³-hybridized carbons (Fsp3) is 0.0233. The molecule has 0 atom stereocenters. The highest BCUT2D eigenvalue weighted by atomic mass is 14.3. The minimum absolute atomic E-state index is 0. The summed E-state index contributed by atoms with van der Waals surface area (Å²) in [6.45, 7) is 0. The summed E-state index contributed by atoms with van der Waals surface area (Å²) in [5.74, 6) is 0. The van der Waals surface area contributed by atoms with E-state index in [1.807, 2.05) is 0 Å². The molecule has 1 aliphatic carbocycles. The van der Waals surface area contributed by atoms with E-state index in [2.05, 4.69) is 146 Å². The molecule has 1 aliphatic rings. The van der Waals surface area contributed by atoms with Crippen molar-refractivity contribution in [3.05, 3.63) is 146 Å². The van der Waals surface area contributed by atoms with Crippen molar-refractivity contribution in [1.29, 1.82) is 0 Å². The van der Waals surface area contributed by atoms with Gasteiger partial charge in [-0.3, -0.25) is 0 Å². The molecule has 0 amide bonds. The van der Waals surface area contributed by atoms with Gasteiger partial charge in [0.25, 0.3) is 0 Å². The monoisotopic (exact) mass is 544 g/mol. The Labute approximate surface area is 250 Å². The van der Waals surface area contributed by atoms with Crippen LogP contribution in [0.3, 0.4) is 0 Å². The summed E-state index contributed by atoms with van der Waals surface area (Å²) in [7, 11) is 0. The number of rotatable bonds is 2. The SMILES string of the molecule is C.c1ccc(-c2c3c(c(-c4ccccc4)c4ccccc24)-c2ccc4c5cccc6cccc(c7ccc-3c2c74)c65)cc1. The Bertz CT molecular complexity index is 2370. The molecule has 0 saturated heterocycles. The van der Waals surface area contributed by atoms with Gasteiger partial charge in [0.2, 0.25) is 0 Å². The van der Waals surface area contributed by atoms with Gasteiger partial charge in [-0.1, -0.05) is 153 Å². The third-order valence-corrected chi connectivity index (χ3v) is 9.53. The molecule has 0 bridgehead atoms. The Hall–Kier alpha value is -5.46. The zero-order chi connectivity index (χ0) is 27.4. The third kappa shape index (κ3) is 3.05. The Morgan fingerprint density at radius 3 is 1.16 bits per heavy atom. The van der Waals surface area contributed by atoms with E-state index >= 15 is 0 Å². The Morgan fingerprint density at radius 1 is 0.256 bits per heavy atom. The zero-order valence-corrected chi connectivity index (χ0v) is 22.9. The van der Waals surface area contributed by atoms with Crippen molar-refractivity contribution in [2.45, 2.75) is 7.43 Å². The van der Waals surface area contributed by atoms with Gasteiger partial charge >= 0.3 is 0 Å². The molecule has 9 aromatic carbocycles. The van der Waals surface area contributed by atoms with Gasteiger partial charge in [0.15, 0.2) is 0 Å². The summed E-state index contributed by atoms with van der Waals surface area (Å²) in [6, 6.07) is 54.0. The quantitative estimate of drug-likeness (QED) is 0.150. The molecule has 0 nitrogen and oxygen atoms in total. The summed E-state index contributed by atoms with van der Waals surface area (Å²) in [5, 5.41) is 13.4. The summed E-state index contributed by atoms with van der Waals surface area (Å²) in [5.41, 5.74) is 10.6. The highest BCUT2D eigenvalue weighted by molar-refractivity contribution is 6.39. The van der Waals surface area contributed by atoms with E-state index in [1.165, 1.54) is 98.4 Å². The lowest BCUT2D eigenvalue weighted by Crippen LogP contribution is -1.93. The van der Waals surface area contributed by atoms with E-state index in [9.17, 15) is 0 Å². The predicted octanol–water partition coefficient (Wildman–Crippen LogP) is 12.5. The van der Waals surface area contributed by atoms with Gasteiger partial charge in [-0.05, 0) is 98.4 Å². The van der Waals surface area contributed by atoms with Crippen LogP contribution in [-0.4, -0.2) is 0 Å². The van der Waals surface area contributed by atoms with Gasteiger partial charge in [0.1, 0.15) is 0 Å². The smallest absolute Gasteiger partial charge is 0.000740 e. The predicted molar refractivity (Wildman–Crippen MR) is 187 cm³/mol. The molecular weight excluding hydrogens is 516 g/mol. The van der Waals surface area contributed by atoms with Crippen LogP contribution in [0.25, 0.3) is 98.4 Å². The van der Waals surface area contributed by atoms with E-state index in [0.717, 1.165) is 0 Å². The fourth-order valence-corrected chi connectivity index (χ4v) is 7.94. The molecule has 10 rings (SSSR count). The molecule has 9 aromatic rings. The summed E-state index contributed by atoms with van der Waals surface area (Å²) in [4.78, 5) is 0. The molecular formula is C43H28. The molecule has 0 fully saturated rings. The van der Waals surface area contributed by atoms with Crippen molar-refractivity contribution in [2.75, 3.05) is 0 Å². The zero-order valence-electron chi connectivity index (χ0n) is 22.9. The molecule has 0 heterocycles. The number of hydrogen-bond acceptors (Lipinski definition) is 0. The molecule has 0 unspecified atom stereocenters. The Morgan fingerprint density at radius 2 is 0.674 bits per heavy atom. The Kier molecular flexibility index (Phi) is 4.93. The highest BCUT2D eigenvalue weighted by Crippen LogP contribution is 2.59. The molecule has 0 saturated carbocycles. The summed E-state index contributed by atoms with van der Waals surface area (Å²) >= 11 is 0. The van der Waals surface area contributed by atoms with Crippen molar-refractivity contribution in [2.24, 2.45) is 0 Å². The van der Waals surface area contributed by atoms with Crippen LogP contribution in [0.15, 0.2) is 146 Å². The van der Waals surface area contributed by atoms with Gasteiger partial charge < -0.3 is 0 Å². The lowest BCUT2D eigenvalue weighted by atomic mass is 9.82. The van der Waals surface area contributed by atoms with Gasteiger partial charge in [0, 0.05) is 0 Å². The molecule has 0 spiro atoms. The van der Waals surface area contributed by atoms with Crippen LogP contribution in [0.4, 0.5) is 0 Å². The minimum Gasteiger partial charge on any atom is -0.0776 e. The molecule has 0 radical (unpaired) electrons. The van der Waals surface area contributed by atoms with Crippen molar-refractivity contribution in [3.63, 3.8) is 0 Å². The van der Waals surface area contributed by atoms with Crippen LogP contribution in [0.5, 0.6) is 0 Å². The fourth-order valence-electron chi connectivity index (χ4n) is 7.94. The Balaban J connectivity index is 0.00000260. The lowest BCUT2D eigenvalue weighted by molar-refractivity contribution is 1.62. The first kappa shape index (κ1) is 24.2. The maximum atomic E-state index is 2.40. The van der Waals surface area contributed by atoms with Crippen LogP contribution < -0.4 is 0 Å². The van der Waals surface area contributed by atoms with Crippen LogP contribution >= 0.6 is 0 Å².